The average molecular weight is 199 g/mol. The molecule has 2 rings (SSSR count). The summed E-state index contributed by atoms with van der Waals surface area (Å²) < 4.78 is 2.05. The number of hydrogen-bond acceptors (Lipinski definition) is 4. The van der Waals surface area contributed by atoms with E-state index in [9.17, 15) is 0 Å². The van der Waals surface area contributed by atoms with Crippen LogP contribution in [0, 0.1) is 0 Å². The standard InChI is InChI=1S/C7H9N3S2/c1-11-6-5(4-8)10-2-3-12-7(10)9-6/h2-3H,4,8H2,1H3. The molecule has 5 heteroatoms. The number of fused-ring (bicyclic) bond motifs is 1. The van der Waals surface area contributed by atoms with Crippen LogP contribution in [0.5, 0.6) is 0 Å². The number of hydrogen-bond donors (Lipinski definition) is 1. The van der Waals surface area contributed by atoms with Gasteiger partial charge in [0.25, 0.3) is 0 Å². The van der Waals surface area contributed by atoms with E-state index in [-0.39, 0.29) is 0 Å². The summed E-state index contributed by atoms with van der Waals surface area (Å²) in [4.78, 5) is 5.45. The molecule has 0 bridgehead atoms. The number of thiazole rings is 1. The topological polar surface area (TPSA) is 43.3 Å². The molecule has 0 unspecified atom stereocenters. The van der Waals surface area contributed by atoms with Gasteiger partial charge in [0, 0.05) is 18.1 Å². The molecule has 2 aromatic rings. The summed E-state index contributed by atoms with van der Waals surface area (Å²) in [5, 5.41) is 3.07. The predicted molar refractivity (Wildman–Crippen MR) is 52.7 cm³/mol. The van der Waals surface area contributed by atoms with Gasteiger partial charge in [-0.15, -0.1) is 23.1 Å². The molecule has 0 radical (unpaired) electrons. The SMILES string of the molecule is CSc1nc2sccn2c1CN. The van der Waals surface area contributed by atoms with E-state index in [4.69, 9.17) is 5.73 Å². The van der Waals surface area contributed by atoms with Gasteiger partial charge >= 0.3 is 0 Å². The summed E-state index contributed by atoms with van der Waals surface area (Å²) in [6, 6.07) is 0. The molecule has 0 aliphatic heterocycles. The van der Waals surface area contributed by atoms with Crippen LogP contribution in [0.1, 0.15) is 5.69 Å². The lowest BCUT2D eigenvalue weighted by Gasteiger charge is -1.95. The molecular weight excluding hydrogens is 190 g/mol. The maximum absolute atomic E-state index is 5.63. The highest BCUT2D eigenvalue weighted by Gasteiger charge is 2.09. The Morgan fingerprint density at radius 3 is 3.25 bits per heavy atom. The van der Waals surface area contributed by atoms with Gasteiger partial charge in [-0.3, -0.25) is 4.40 Å². The van der Waals surface area contributed by atoms with Crippen LogP contribution in [-0.4, -0.2) is 15.6 Å². The fraction of sp³-hybridized carbons (Fsp3) is 0.286. The van der Waals surface area contributed by atoms with E-state index in [1.165, 1.54) is 0 Å². The molecule has 0 amide bonds. The lowest BCUT2D eigenvalue weighted by Crippen LogP contribution is -2.00. The molecule has 3 nitrogen and oxygen atoms in total. The summed E-state index contributed by atoms with van der Waals surface area (Å²) in [5.74, 6) is 0. The van der Waals surface area contributed by atoms with Gasteiger partial charge in [-0.2, -0.15) is 0 Å². The van der Waals surface area contributed by atoms with Crippen LogP contribution in [-0.2, 0) is 6.54 Å². The van der Waals surface area contributed by atoms with Gasteiger partial charge in [-0.25, -0.2) is 4.98 Å². The van der Waals surface area contributed by atoms with Crippen molar-refractivity contribution in [2.24, 2.45) is 5.73 Å². The highest BCUT2D eigenvalue weighted by atomic mass is 32.2. The second kappa shape index (κ2) is 3.08. The van der Waals surface area contributed by atoms with Gasteiger partial charge in [-0.1, -0.05) is 0 Å². The summed E-state index contributed by atoms with van der Waals surface area (Å²) in [7, 11) is 0. The number of thioether (sulfide) groups is 1. The maximum atomic E-state index is 5.63. The number of nitrogens with two attached hydrogens (primary N) is 1. The summed E-state index contributed by atoms with van der Waals surface area (Å²) >= 11 is 3.28. The van der Waals surface area contributed by atoms with Crippen LogP contribution < -0.4 is 5.73 Å². The van der Waals surface area contributed by atoms with Crippen molar-refractivity contribution in [2.45, 2.75) is 11.6 Å². The molecule has 2 heterocycles. The predicted octanol–water partition coefficient (Wildman–Crippen LogP) is 1.58. The van der Waals surface area contributed by atoms with Crippen molar-refractivity contribution in [3.8, 4) is 0 Å². The van der Waals surface area contributed by atoms with E-state index in [2.05, 4.69) is 9.38 Å². The van der Waals surface area contributed by atoms with Gasteiger partial charge in [0.15, 0.2) is 4.96 Å². The molecule has 0 fully saturated rings. The minimum atomic E-state index is 0.550. The van der Waals surface area contributed by atoms with Crippen molar-refractivity contribution in [1.82, 2.24) is 9.38 Å². The van der Waals surface area contributed by atoms with E-state index in [1.54, 1.807) is 23.1 Å². The van der Waals surface area contributed by atoms with Gasteiger partial charge in [0.05, 0.1) is 5.69 Å². The quantitative estimate of drug-likeness (QED) is 0.747. The minimum absolute atomic E-state index is 0.550. The Balaban J connectivity index is 2.70. The number of nitrogens with zero attached hydrogens (tertiary/aromatic N) is 2. The van der Waals surface area contributed by atoms with E-state index < -0.39 is 0 Å². The molecule has 0 aliphatic carbocycles. The third-order valence-corrected chi connectivity index (χ3v) is 3.18. The van der Waals surface area contributed by atoms with E-state index in [0.29, 0.717) is 6.54 Å². The average Bonchev–Trinajstić information content (AvgIpc) is 2.61. The normalized spacial score (nSPS) is 11.2. The molecule has 0 aliphatic rings. The van der Waals surface area contributed by atoms with Crippen LogP contribution in [0.15, 0.2) is 16.6 Å². The molecule has 2 N–H and O–H groups in total. The molecule has 0 spiro atoms. The smallest absolute Gasteiger partial charge is 0.194 e. The van der Waals surface area contributed by atoms with Crippen molar-refractivity contribution in [2.75, 3.05) is 6.26 Å². The Bertz CT molecular complexity index is 390. The zero-order valence-electron chi connectivity index (χ0n) is 6.65. The molecule has 12 heavy (non-hydrogen) atoms. The monoisotopic (exact) mass is 199 g/mol. The largest absolute Gasteiger partial charge is 0.325 e. The Hall–Kier alpha value is -0.520. The number of rotatable bonds is 2. The maximum Gasteiger partial charge on any atom is 0.194 e. The number of imidazole rings is 1. The fourth-order valence-electron chi connectivity index (χ4n) is 1.16. The van der Waals surface area contributed by atoms with E-state index >= 15 is 0 Å². The zero-order valence-corrected chi connectivity index (χ0v) is 8.28. The Kier molecular flexibility index (Phi) is 2.08. The Labute approximate surface area is 78.6 Å². The molecule has 2 aromatic heterocycles. The highest BCUT2D eigenvalue weighted by molar-refractivity contribution is 7.98. The second-order valence-electron chi connectivity index (χ2n) is 2.33. The zero-order chi connectivity index (χ0) is 8.55. The third kappa shape index (κ3) is 1.05. The first-order chi connectivity index (χ1) is 5.86. The van der Waals surface area contributed by atoms with Crippen molar-refractivity contribution in [3.05, 3.63) is 17.3 Å². The summed E-state index contributed by atoms with van der Waals surface area (Å²) in [6.45, 7) is 0.550. The van der Waals surface area contributed by atoms with Crippen LogP contribution >= 0.6 is 23.1 Å². The molecule has 0 saturated heterocycles. The van der Waals surface area contributed by atoms with Crippen LogP contribution in [0.4, 0.5) is 0 Å². The third-order valence-electron chi connectivity index (χ3n) is 1.71. The van der Waals surface area contributed by atoms with E-state index in [0.717, 1.165) is 15.7 Å². The first kappa shape index (κ1) is 8.10. The van der Waals surface area contributed by atoms with Crippen molar-refractivity contribution in [3.63, 3.8) is 0 Å². The fourth-order valence-corrected chi connectivity index (χ4v) is 2.55. The molecule has 0 atom stereocenters. The highest BCUT2D eigenvalue weighted by Crippen LogP contribution is 2.23. The Morgan fingerprint density at radius 1 is 1.75 bits per heavy atom. The van der Waals surface area contributed by atoms with Gasteiger partial charge in [0.1, 0.15) is 5.03 Å². The van der Waals surface area contributed by atoms with Gasteiger partial charge in [0.2, 0.25) is 0 Å². The van der Waals surface area contributed by atoms with Crippen molar-refractivity contribution < 1.29 is 0 Å². The summed E-state index contributed by atoms with van der Waals surface area (Å²) in [5.41, 5.74) is 6.74. The summed E-state index contributed by atoms with van der Waals surface area (Å²) in [6.07, 6.45) is 4.03. The lowest BCUT2D eigenvalue weighted by atomic mass is 10.5. The first-order valence-corrected chi connectivity index (χ1v) is 5.65. The Morgan fingerprint density at radius 2 is 2.58 bits per heavy atom. The van der Waals surface area contributed by atoms with Crippen molar-refractivity contribution in [1.29, 1.82) is 0 Å². The molecule has 0 aromatic carbocycles. The molecule has 64 valence electrons. The lowest BCUT2D eigenvalue weighted by molar-refractivity contribution is 0.925. The van der Waals surface area contributed by atoms with Gasteiger partial charge in [-0.05, 0) is 6.26 Å². The van der Waals surface area contributed by atoms with Crippen molar-refractivity contribution >= 4 is 28.1 Å². The molecular formula is C7H9N3S2. The minimum Gasteiger partial charge on any atom is -0.325 e. The van der Waals surface area contributed by atoms with Crippen LogP contribution in [0.3, 0.4) is 0 Å². The van der Waals surface area contributed by atoms with Crippen LogP contribution in [0.25, 0.3) is 4.96 Å². The molecule has 0 saturated carbocycles. The van der Waals surface area contributed by atoms with E-state index in [1.807, 2.05) is 17.8 Å². The first-order valence-electron chi connectivity index (χ1n) is 3.55. The second-order valence-corrected chi connectivity index (χ2v) is 4.00. The van der Waals surface area contributed by atoms with Gasteiger partial charge < -0.3 is 5.73 Å². The van der Waals surface area contributed by atoms with Crippen LogP contribution in [0.2, 0.25) is 0 Å². The number of aromatic nitrogens is 2.